The molecule has 0 aliphatic carbocycles. The Balaban J connectivity index is 1.25. The standard InChI is InChI=1S/C41H48N4O6S/c1-31(46)42-23-22-35-13-7-9-15-37(35)27-36-14-8-6-12-34(36)18-21-41(48)45-25-24-44(28-33-10-4-3-5-11-33)29-38(45)26-32-16-19-39(20-17-32)51-30-40(47)43-52(2,49)50/h3-17,19-20,38H,18,21-30H2,1-2H3,(H,42,46)(H,43,47)/t38-/m1/s1. The number of piperazine rings is 1. The summed E-state index contributed by atoms with van der Waals surface area (Å²) in [5, 5.41) is 2.89. The smallest absolute Gasteiger partial charge is 0.271 e. The summed E-state index contributed by atoms with van der Waals surface area (Å²) in [5.74, 6) is -0.199. The summed E-state index contributed by atoms with van der Waals surface area (Å²) in [6.45, 7) is 4.66. The third kappa shape index (κ3) is 12.1. The molecule has 11 heteroatoms. The van der Waals surface area contributed by atoms with E-state index in [-0.39, 0.29) is 17.9 Å². The molecule has 10 nitrogen and oxygen atoms in total. The van der Waals surface area contributed by atoms with E-state index in [1.165, 1.54) is 29.2 Å². The van der Waals surface area contributed by atoms with E-state index in [1.807, 2.05) is 64.2 Å². The predicted octanol–water partition coefficient (Wildman–Crippen LogP) is 4.30. The lowest BCUT2D eigenvalue weighted by Gasteiger charge is -2.42. The van der Waals surface area contributed by atoms with Gasteiger partial charge in [0.1, 0.15) is 5.75 Å². The van der Waals surface area contributed by atoms with Gasteiger partial charge < -0.3 is 15.0 Å². The van der Waals surface area contributed by atoms with Crippen LogP contribution in [0.15, 0.2) is 103 Å². The van der Waals surface area contributed by atoms with Crippen molar-refractivity contribution in [3.05, 3.63) is 137 Å². The highest BCUT2D eigenvalue weighted by molar-refractivity contribution is 7.89. The zero-order valence-electron chi connectivity index (χ0n) is 29.9. The minimum Gasteiger partial charge on any atom is -0.484 e. The lowest BCUT2D eigenvalue weighted by atomic mass is 9.93. The Morgan fingerprint density at radius 1 is 0.769 bits per heavy atom. The maximum Gasteiger partial charge on any atom is 0.271 e. The summed E-state index contributed by atoms with van der Waals surface area (Å²) in [5.41, 5.74) is 7.04. The van der Waals surface area contributed by atoms with Crippen molar-refractivity contribution in [3.63, 3.8) is 0 Å². The molecule has 0 unspecified atom stereocenters. The van der Waals surface area contributed by atoms with Crippen molar-refractivity contribution < 1.29 is 27.5 Å². The van der Waals surface area contributed by atoms with Crippen LogP contribution in [0.1, 0.15) is 46.7 Å². The Morgan fingerprint density at radius 3 is 2.02 bits per heavy atom. The number of carbonyl (C=O) groups excluding carboxylic acids is 3. The first-order valence-electron chi connectivity index (χ1n) is 17.7. The highest BCUT2D eigenvalue weighted by atomic mass is 32.2. The zero-order chi connectivity index (χ0) is 36.9. The lowest BCUT2D eigenvalue weighted by molar-refractivity contribution is -0.136. The summed E-state index contributed by atoms with van der Waals surface area (Å²) >= 11 is 0. The lowest BCUT2D eigenvalue weighted by Crippen LogP contribution is -2.55. The maximum absolute atomic E-state index is 14.0. The van der Waals surface area contributed by atoms with Crippen molar-refractivity contribution in [1.82, 2.24) is 19.8 Å². The van der Waals surface area contributed by atoms with Crippen molar-refractivity contribution in [2.75, 3.05) is 39.0 Å². The van der Waals surface area contributed by atoms with E-state index in [1.54, 1.807) is 12.1 Å². The number of rotatable bonds is 16. The summed E-state index contributed by atoms with van der Waals surface area (Å²) in [4.78, 5) is 41.7. The van der Waals surface area contributed by atoms with Gasteiger partial charge in [0, 0.05) is 52.1 Å². The molecule has 2 N–H and O–H groups in total. The summed E-state index contributed by atoms with van der Waals surface area (Å²) in [6, 6.07) is 34.3. The highest BCUT2D eigenvalue weighted by Gasteiger charge is 2.30. The number of nitrogens with zero attached hydrogens (tertiary/aromatic N) is 2. The van der Waals surface area contributed by atoms with E-state index < -0.39 is 22.5 Å². The monoisotopic (exact) mass is 724 g/mol. The van der Waals surface area contributed by atoms with E-state index in [2.05, 4.69) is 46.6 Å². The Kier molecular flexibility index (Phi) is 13.6. The molecule has 1 aliphatic rings. The number of amides is 3. The maximum atomic E-state index is 14.0. The number of aryl methyl sites for hydroxylation is 1. The summed E-state index contributed by atoms with van der Waals surface area (Å²) in [7, 11) is -3.66. The molecule has 0 saturated carbocycles. The van der Waals surface area contributed by atoms with E-state index in [0.29, 0.717) is 38.1 Å². The van der Waals surface area contributed by atoms with Crippen LogP contribution in [-0.2, 0) is 56.6 Å². The quantitative estimate of drug-likeness (QED) is 0.177. The third-order valence-electron chi connectivity index (χ3n) is 9.19. The molecular formula is C41H48N4O6S. The number of ether oxygens (including phenoxy) is 1. The van der Waals surface area contributed by atoms with Crippen molar-refractivity contribution >= 4 is 27.7 Å². The first-order chi connectivity index (χ1) is 25.0. The van der Waals surface area contributed by atoms with Crippen LogP contribution in [0.3, 0.4) is 0 Å². The van der Waals surface area contributed by atoms with Gasteiger partial charge in [-0.15, -0.1) is 0 Å². The number of sulfonamides is 1. The first kappa shape index (κ1) is 38.2. The number of carbonyl (C=O) groups is 3. The molecule has 1 saturated heterocycles. The molecule has 3 amide bonds. The Hall–Kier alpha value is -5.00. The van der Waals surface area contributed by atoms with Crippen LogP contribution in [0.2, 0.25) is 0 Å². The van der Waals surface area contributed by atoms with Crippen LogP contribution in [0.4, 0.5) is 0 Å². The first-order valence-corrected chi connectivity index (χ1v) is 19.6. The fraction of sp³-hybridized carbons (Fsp3) is 0.341. The molecule has 4 aromatic rings. The second-order valence-electron chi connectivity index (χ2n) is 13.3. The Morgan fingerprint density at radius 2 is 1.38 bits per heavy atom. The molecule has 1 fully saturated rings. The van der Waals surface area contributed by atoms with Crippen molar-refractivity contribution in [1.29, 1.82) is 0 Å². The average Bonchev–Trinajstić information content (AvgIpc) is 3.11. The van der Waals surface area contributed by atoms with Crippen LogP contribution < -0.4 is 14.8 Å². The average molecular weight is 725 g/mol. The van der Waals surface area contributed by atoms with Crippen LogP contribution >= 0.6 is 0 Å². The van der Waals surface area contributed by atoms with E-state index >= 15 is 0 Å². The number of hydrogen-bond acceptors (Lipinski definition) is 7. The minimum absolute atomic E-state index is 0.0348. The molecule has 4 aromatic carbocycles. The van der Waals surface area contributed by atoms with Crippen LogP contribution in [0.5, 0.6) is 5.75 Å². The highest BCUT2D eigenvalue weighted by Crippen LogP contribution is 2.23. The molecule has 5 rings (SSSR count). The van der Waals surface area contributed by atoms with Crippen molar-refractivity contribution in [2.24, 2.45) is 0 Å². The molecule has 1 heterocycles. The summed E-state index contributed by atoms with van der Waals surface area (Å²) in [6.07, 6.45) is 4.12. The number of nitrogens with one attached hydrogen (secondary N) is 2. The van der Waals surface area contributed by atoms with E-state index in [0.717, 1.165) is 49.9 Å². The van der Waals surface area contributed by atoms with Gasteiger partial charge in [-0.05, 0) is 71.2 Å². The van der Waals surface area contributed by atoms with Gasteiger partial charge in [0.05, 0.1) is 6.26 Å². The van der Waals surface area contributed by atoms with Crippen molar-refractivity contribution in [3.8, 4) is 5.75 Å². The van der Waals surface area contributed by atoms with Crippen LogP contribution in [0.25, 0.3) is 0 Å². The molecule has 0 radical (unpaired) electrons. The fourth-order valence-corrected chi connectivity index (χ4v) is 7.17. The van der Waals surface area contributed by atoms with Gasteiger partial charge in [0.2, 0.25) is 21.8 Å². The van der Waals surface area contributed by atoms with Gasteiger partial charge in [-0.2, -0.15) is 0 Å². The second-order valence-corrected chi connectivity index (χ2v) is 15.1. The largest absolute Gasteiger partial charge is 0.484 e. The zero-order valence-corrected chi connectivity index (χ0v) is 30.7. The summed E-state index contributed by atoms with van der Waals surface area (Å²) < 4.78 is 30.0. The topological polar surface area (TPSA) is 125 Å². The Bertz CT molecular complexity index is 1920. The van der Waals surface area contributed by atoms with Crippen LogP contribution in [-0.4, -0.2) is 81.0 Å². The van der Waals surface area contributed by atoms with Gasteiger partial charge in [0.25, 0.3) is 5.91 Å². The van der Waals surface area contributed by atoms with Crippen molar-refractivity contribution in [2.45, 2.75) is 51.6 Å². The molecule has 0 bridgehead atoms. The minimum atomic E-state index is -3.66. The van der Waals surface area contributed by atoms with Gasteiger partial charge in [0.15, 0.2) is 6.61 Å². The number of hydrogen-bond donors (Lipinski definition) is 2. The molecule has 52 heavy (non-hydrogen) atoms. The number of benzene rings is 4. The second kappa shape index (κ2) is 18.5. The van der Waals surface area contributed by atoms with Gasteiger partial charge >= 0.3 is 0 Å². The molecule has 1 atom stereocenters. The van der Waals surface area contributed by atoms with Crippen LogP contribution in [0, 0.1) is 0 Å². The van der Waals surface area contributed by atoms with E-state index in [4.69, 9.17) is 4.74 Å². The Labute approximate surface area is 307 Å². The SMILES string of the molecule is CC(=O)NCCc1ccccc1Cc1ccccc1CCC(=O)N1CCN(Cc2ccccc2)C[C@H]1Cc1ccc(OCC(=O)NS(C)(=O)=O)cc1. The molecule has 0 aromatic heterocycles. The predicted molar refractivity (Wildman–Crippen MR) is 202 cm³/mol. The molecule has 0 spiro atoms. The molecule has 274 valence electrons. The van der Waals surface area contributed by atoms with E-state index in [9.17, 15) is 22.8 Å². The third-order valence-corrected chi connectivity index (χ3v) is 9.79. The van der Waals surface area contributed by atoms with Gasteiger partial charge in [-0.25, -0.2) is 8.42 Å². The molecular weight excluding hydrogens is 677 g/mol. The molecule has 1 aliphatic heterocycles. The normalized spacial score (nSPS) is 14.8. The van der Waals surface area contributed by atoms with Gasteiger partial charge in [-0.3, -0.25) is 24.0 Å². The van der Waals surface area contributed by atoms with Gasteiger partial charge in [-0.1, -0.05) is 91.0 Å². The fourth-order valence-electron chi connectivity index (χ4n) is 6.70.